The van der Waals surface area contributed by atoms with Crippen LogP contribution in [0.2, 0.25) is 0 Å². The summed E-state index contributed by atoms with van der Waals surface area (Å²) in [7, 11) is 0. The second-order valence-electron chi connectivity index (χ2n) is 1.97. The molecule has 0 aliphatic carbocycles. The summed E-state index contributed by atoms with van der Waals surface area (Å²) in [6.07, 6.45) is 0.598. The smallest absolute Gasteiger partial charge is 0.225 e. The summed E-state index contributed by atoms with van der Waals surface area (Å²) < 4.78 is 0. The summed E-state index contributed by atoms with van der Waals surface area (Å²) in [6, 6.07) is 0. The lowest BCUT2D eigenvalue weighted by Gasteiger charge is -2.03. The Morgan fingerprint density at radius 3 is 2.00 bits per heavy atom. The Balaban J connectivity index is 3.83. The van der Waals surface area contributed by atoms with Crippen molar-refractivity contribution in [3.63, 3.8) is 0 Å². The van der Waals surface area contributed by atoms with Crippen molar-refractivity contribution in [2.45, 2.75) is 19.8 Å². The Kier molecular flexibility index (Phi) is 4.65. The molecule has 0 aromatic carbocycles. The van der Waals surface area contributed by atoms with Gasteiger partial charge in [-0.05, 0) is 29.6 Å². The molecule has 0 amide bonds. The minimum absolute atomic E-state index is 0.0421. The summed E-state index contributed by atoms with van der Waals surface area (Å²) in [5.41, 5.74) is 0. The Morgan fingerprint density at radius 2 is 1.90 bits per heavy atom. The van der Waals surface area contributed by atoms with E-state index < -0.39 is 16.4 Å². The van der Waals surface area contributed by atoms with E-state index in [1.807, 2.05) is 0 Å². The van der Waals surface area contributed by atoms with Crippen molar-refractivity contribution in [2.24, 2.45) is 5.92 Å². The van der Waals surface area contributed by atoms with Crippen LogP contribution < -0.4 is 0 Å². The van der Waals surface area contributed by atoms with Gasteiger partial charge in [-0.15, -0.1) is 0 Å². The summed E-state index contributed by atoms with van der Waals surface area (Å²) in [5.74, 6) is -0.410. The summed E-state index contributed by atoms with van der Waals surface area (Å²) >= 11 is 10.2. The van der Waals surface area contributed by atoms with Gasteiger partial charge in [0.1, 0.15) is 0 Å². The maximum Gasteiger partial charge on any atom is 0.225 e. The van der Waals surface area contributed by atoms with Crippen molar-refractivity contribution in [3.05, 3.63) is 0 Å². The van der Waals surface area contributed by atoms with Gasteiger partial charge in [0.05, 0.1) is 0 Å². The quantitative estimate of drug-likeness (QED) is 0.624. The highest BCUT2D eigenvalue weighted by molar-refractivity contribution is 6.66. The van der Waals surface area contributed by atoms with E-state index in [1.165, 1.54) is 0 Å². The van der Waals surface area contributed by atoms with Gasteiger partial charge < -0.3 is 0 Å². The lowest BCUT2D eigenvalue weighted by molar-refractivity contribution is -0.119. The van der Waals surface area contributed by atoms with Crippen molar-refractivity contribution in [3.8, 4) is 0 Å². The molecule has 0 aromatic heterocycles. The zero-order valence-corrected chi connectivity index (χ0v) is 7.08. The molecule has 0 fully saturated rings. The minimum atomic E-state index is -0.513. The van der Waals surface area contributed by atoms with E-state index in [2.05, 4.69) is 0 Å². The van der Waals surface area contributed by atoms with E-state index in [0.29, 0.717) is 6.42 Å². The number of hydrogen-bond acceptors (Lipinski definition) is 2. The van der Waals surface area contributed by atoms with Crippen LogP contribution in [0.1, 0.15) is 19.8 Å². The normalized spacial score (nSPS) is 12.7. The molecule has 2 nitrogen and oxygen atoms in total. The molecule has 0 aliphatic heterocycles. The number of carbonyl (C=O) groups excluding carboxylic acids is 2. The molecule has 58 valence electrons. The first kappa shape index (κ1) is 9.92. The monoisotopic (exact) mass is 182 g/mol. The fourth-order valence-electron chi connectivity index (χ4n) is 0.579. The molecule has 0 aliphatic rings. The Morgan fingerprint density at radius 1 is 1.40 bits per heavy atom. The van der Waals surface area contributed by atoms with Crippen LogP contribution in [0.15, 0.2) is 0 Å². The first-order valence-electron chi connectivity index (χ1n) is 2.95. The van der Waals surface area contributed by atoms with Crippen molar-refractivity contribution in [1.82, 2.24) is 0 Å². The summed E-state index contributed by atoms with van der Waals surface area (Å²) in [6.45, 7) is 1.78. The number of carbonyl (C=O) groups is 2. The van der Waals surface area contributed by atoms with Gasteiger partial charge in [0.25, 0.3) is 0 Å². The molecule has 0 spiro atoms. The second-order valence-corrected chi connectivity index (χ2v) is 2.76. The Labute approximate surface area is 69.5 Å². The molecule has 0 saturated carbocycles. The maximum absolute atomic E-state index is 10.5. The highest BCUT2D eigenvalue weighted by atomic mass is 35.5. The molecule has 4 heteroatoms. The molecule has 0 radical (unpaired) electrons. The molecular formula is C6H8Cl2O2. The van der Waals surface area contributed by atoms with Crippen LogP contribution in [-0.2, 0) is 9.59 Å². The van der Waals surface area contributed by atoms with Crippen LogP contribution in [0, 0.1) is 5.92 Å². The number of halogens is 2. The SMILES string of the molecule is CC[C@@H](CC(=O)Cl)C(=O)Cl. The molecular weight excluding hydrogens is 175 g/mol. The van der Waals surface area contributed by atoms with Gasteiger partial charge in [-0.3, -0.25) is 9.59 Å². The fourth-order valence-corrected chi connectivity index (χ4v) is 0.997. The predicted octanol–water partition coefficient (Wildman–Crippen LogP) is 1.93. The summed E-state index contributed by atoms with van der Waals surface area (Å²) in [5, 5.41) is -1.00. The third-order valence-corrected chi connectivity index (χ3v) is 1.68. The maximum atomic E-state index is 10.5. The second kappa shape index (κ2) is 4.69. The van der Waals surface area contributed by atoms with Gasteiger partial charge in [0, 0.05) is 12.3 Å². The van der Waals surface area contributed by atoms with Gasteiger partial charge in [0.15, 0.2) is 0 Å². The van der Waals surface area contributed by atoms with Crippen LogP contribution >= 0.6 is 23.2 Å². The average Bonchev–Trinajstić information content (AvgIpc) is 1.81. The largest absolute Gasteiger partial charge is 0.281 e. The third-order valence-electron chi connectivity index (χ3n) is 1.22. The van der Waals surface area contributed by atoms with Gasteiger partial charge >= 0.3 is 0 Å². The van der Waals surface area contributed by atoms with E-state index in [0.717, 1.165) is 0 Å². The van der Waals surface area contributed by atoms with Crippen LogP contribution in [0.4, 0.5) is 0 Å². The molecule has 0 N–H and O–H groups in total. The zero-order chi connectivity index (χ0) is 8.15. The van der Waals surface area contributed by atoms with Crippen LogP contribution in [0.3, 0.4) is 0 Å². The zero-order valence-electron chi connectivity index (χ0n) is 5.56. The number of hydrogen-bond donors (Lipinski definition) is 0. The first-order valence-corrected chi connectivity index (χ1v) is 3.71. The average molecular weight is 183 g/mol. The lowest BCUT2D eigenvalue weighted by Crippen LogP contribution is -2.10. The van der Waals surface area contributed by atoms with E-state index in [4.69, 9.17) is 23.2 Å². The topological polar surface area (TPSA) is 34.1 Å². The molecule has 0 unspecified atom stereocenters. The molecule has 10 heavy (non-hydrogen) atoms. The van der Waals surface area contributed by atoms with Gasteiger partial charge in [-0.2, -0.15) is 0 Å². The molecule has 0 aromatic rings. The van der Waals surface area contributed by atoms with Crippen LogP contribution in [0.25, 0.3) is 0 Å². The van der Waals surface area contributed by atoms with E-state index in [-0.39, 0.29) is 6.42 Å². The van der Waals surface area contributed by atoms with Gasteiger partial charge in [0.2, 0.25) is 10.5 Å². The lowest BCUT2D eigenvalue weighted by atomic mass is 10.1. The van der Waals surface area contributed by atoms with Gasteiger partial charge in [-0.25, -0.2) is 0 Å². The predicted molar refractivity (Wildman–Crippen MR) is 40.1 cm³/mol. The highest BCUT2D eigenvalue weighted by Gasteiger charge is 2.16. The van der Waals surface area contributed by atoms with Crippen LogP contribution in [-0.4, -0.2) is 10.5 Å². The Hall–Kier alpha value is -0.0800. The Bertz CT molecular complexity index is 145. The van der Waals surface area contributed by atoms with Crippen molar-refractivity contribution in [2.75, 3.05) is 0 Å². The van der Waals surface area contributed by atoms with Crippen molar-refractivity contribution >= 4 is 33.7 Å². The number of rotatable bonds is 4. The molecule has 1 atom stereocenters. The first-order chi connectivity index (χ1) is 4.57. The third kappa shape index (κ3) is 3.85. The van der Waals surface area contributed by atoms with Crippen molar-refractivity contribution < 1.29 is 9.59 Å². The highest BCUT2D eigenvalue weighted by Crippen LogP contribution is 2.13. The molecule has 0 saturated heterocycles. The van der Waals surface area contributed by atoms with E-state index in [1.54, 1.807) is 6.92 Å². The molecule has 0 heterocycles. The standard InChI is InChI=1S/C6H8Cl2O2/c1-2-4(6(8)10)3-5(7)9/h4H,2-3H2,1H3/t4-/m0/s1. The van der Waals surface area contributed by atoms with E-state index >= 15 is 0 Å². The summed E-state index contributed by atoms with van der Waals surface area (Å²) in [4.78, 5) is 20.7. The van der Waals surface area contributed by atoms with Crippen molar-refractivity contribution in [1.29, 1.82) is 0 Å². The van der Waals surface area contributed by atoms with E-state index in [9.17, 15) is 9.59 Å². The van der Waals surface area contributed by atoms with Gasteiger partial charge in [-0.1, -0.05) is 6.92 Å². The van der Waals surface area contributed by atoms with Crippen LogP contribution in [0.5, 0.6) is 0 Å². The molecule has 0 rings (SSSR count). The minimum Gasteiger partial charge on any atom is -0.281 e. The molecule has 0 bridgehead atoms. The fraction of sp³-hybridized carbons (Fsp3) is 0.667.